The molecule has 2 aromatic heterocycles. The molecule has 132 valence electrons. The molecule has 0 aliphatic rings. The Morgan fingerprint density at radius 3 is 2.80 bits per heavy atom. The van der Waals surface area contributed by atoms with Crippen LogP contribution in [-0.2, 0) is 6.54 Å². The summed E-state index contributed by atoms with van der Waals surface area (Å²) in [6.45, 7) is 4.35. The zero-order valence-electron chi connectivity index (χ0n) is 15.1. The third-order valence-corrected chi connectivity index (χ3v) is 4.41. The average Bonchev–Trinajstić information content (AvgIpc) is 3.16. The van der Waals surface area contributed by atoms with Crippen molar-refractivity contribution >= 4 is 17.0 Å². The number of hydrogen-bond acceptors (Lipinski definition) is 3. The van der Waals surface area contributed by atoms with Crippen molar-refractivity contribution in [2.24, 2.45) is 0 Å². The summed E-state index contributed by atoms with van der Waals surface area (Å²) in [5, 5.41) is 3.02. The number of benzene rings is 1. The number of nitrogens with zero attached hydrogens (tertiary/aromatic N) is 2. The van der Waals surface area contributed by atoms with Gasteiger partial charge in [0.2, 0.25) is 0 Å². The van der Waals surface area contributed by atoms with Crippen molar-refractivity contribution in [3.8, 4) is 0 Å². The predicted octanol–water partition coefficient (Wildman–Crippen LogP) is 3.27. The van der Waals surface area contributed by atoms with Gasteiger partial charge in [0.15, 0.2) is 5.58 Å². The topological polar surface area (TPSA) is 50.4 Å². The van der Waals surface area contributed by atoms with E-state index in [1.165, 1.54) is 11.1 Å². The summed E-state index contributed by atoms with van der Waals surface area (Å²) in [5.74, 6) is -0.0567. The fraction of sp³-hybridized carbons (Fsp3) is 0.350. The third kappa shape index (κ3) is 3.94. The van der Waals surface area contributed by atoms with Gasteiger partial charge in [-0.1, -0.05) is 24.3 Å². The highest BCUT2D eigenvalue weighted by atomic mass is 16.3. The molecule has 0 bridgehead atoms. The molecule has 3 rings (SSSR count). The predicted molar refractivity (Wildman–Crippen MR) is 100.0 cm³/mol. The molecule has 0 unspecified atom stereocenters. The standard InChI is InChI=1S/C20H25N3O2/c1-15-7-4-5-8-16(15)14-23-17-9-12-25-19(17)13-18(23)20(24)21-10-6-11-22(2)3/h4-5,7-9,12-13H,6,10-11,14H2,1-3H3,(H,21,24). The molecule has 1 amide bonds. The largest absolute Gasteiger partial charge is 0.463 e. The first-order valence-corrected chi connectivity index (χ1v) is 8.60. The first kappa shape index (κ1) is 17.3. The highest BCUT2D eigenvalue weighted by Crippen LogP contribution is 2.23. The molecule has 3 aromatic rings. The minimum absolute atomic E-state index is 0.0567. The van der Waals surface area contributed by atoms with Crippen LogP contribution in [0.4, 0.5) is 0 Å². The van der Waals surface area contributed by atoms with Crippen LogP contribution in [0.5, 0.6) is 0 Å². The maximum Gasteiger partial charge on any atom is 0.268 e. The van der Waals surface area contributed by atoms with Crippen LogP contribution in [-0.4, -0.2) is 42.6 Å². The minimum Gasteiger partial charge on any atom is -0.463 e. The van der Waals surface area contributed by atoms with Crippen LogP contribution in [0, 0.1) is 6.92 Å². The Bertz CT molecular complexity index is 861. The summed E-state index contributed by atoms with van der Waals surface area (Å²) < 4.78 is 7.54. The van der Waals surface area contributed by atoms with E-state index in [9.17, 15) is 4.79 Å². The summed E-state index contributed by atoms with van der Waals surface area (Å²) in [5.41, 5.74) is 4.74. The molecule has 0 spiro atoms. The van der Waals surface area contributed by atoms with Crippen molar-refractivity contribution in [2.75, 3.05) is 27.2 Å². The van der Waals surface area contributed by atoms with Crippen LogP contribution in [0.25, 0.3) is 11.1 Å². The second kappa shape index (κ2) is 7.57. The highest BCUT2D eigenvalue weighted by Gasteiger charge is 2.17. The lowest BCUT2D eigenvalue weighted by molar-refractivity contribution is 0.0944. The lowest BCUT2D eigenvalue weighted by Gasteiger charge is -2.13. The van der Waals surface area contributed by atoms with Gasteiger partial charge in [0, 0.05) is 25.2 Å². The smallest absolute Gasteiger partial charge is 0.268 e. The Morgan fingerprint density at radius 1 is 1.24 bits per heavy atom. The fourth-order valence-electron chi connectivity index (χ4n) is 2.98. The van der Waals surface area contributed by atoms with Crippen molar-refractivity contribution in [3.63, 3.8) is 0 Å². The summed E-state index contributed by atoms with van der Waals surface area (Å²) in [6.07, 6.45) is 2.59. The van der Waals surface area contributed by atoms with Crippen molar-refractivity contribution < 1.29 is 9.21 Å². The van der Waals surface area contributed by atoms with Crippen molar-refractivity contribution in [1.29, 1.82) is 0 Å². The molecule has 0 radical (unpaired) electrons. The third-order valence-electron chi connectivity index (χ3n) is 4.41. The van der Waals surface area contributed by atoms with Gasteiger partial charge in [-0.15, -0.1) is 0 Å². The molecule has 0 aliphatic heterocycles. The molecular formula is C20H25N3O2. The molecule has 1 N–H and O–H groups in total. The molecular weight excluding hydrogens is 314 g/mol. The summed E-state index contributed by atoms with van der Waals surface area (Å²) in [7, 11) is 4.06. The van der Waals surface area contributed by atoms with Gasteiger partial charge in [0.05, 0.1) is 11.8 Å². The number of rotatable bonds is 7. The molecule has 0 saturated heterocycles. The van der Waals surface area contributed by atoms with Gasteiger partial charge >= 0.3 is 0 Å². The van der Waals surface area contributed by atoms with Gasteiger partial charge in [-0.05, 0) is 45.1 Å². The van der Waals surface area contributed by atoms with Crippen LogP contribution in [0.1, 0.15) is 28.0 Å². The molecule has 5 nitrogen and oxygen atoms in total. The number of hydrogen-bond donors (Lipinski definition) is 1. The number of aromatic nitrogens is 1. The van der Waals surface area contributed by atoms with E-state index in [4.69, 9.17) is 4.42 Å². The molecule has 0 atom stereocenters. The number of aryl methyl sites for hydroxylation is 1. The summed E-state index contributed by atoms with van der Waals surface area (Å²) >= 11 is 0. The maximum absolute atomic E-state index is 12.7. The van der Waals surface area contributed by atoms with E-state index in [2.05, 4.69) is 29.3 Å². The van der Waals surface area contributed by atoms with Crippen LogP contribution in [0.2, 0.25) is 0 Å². The molecule has 25 heavy (non-hydrogen) atoms. The monoisotopic (exact) mass is 339 g/mol. The molecule has 1 aromatic carbocycles. The highest BCUT2D eigenvalue weighted by molar-refractivity contribution is 5.97. The minimum atomic E-state index is -0.0567. The lowest BCUT2D eigenvalue weighted by atomic mass is 10.1. The Kier molecular flexibility index (Phi) is 5.24. The molecule has 0 saturated carbocycles. The first-order valence-electron chi connectivity index (χ1n) is 8.60. The number of carbonyl (C=O) groups is 1. The molecule has 0 fully saturated rings. The van der Waals surface area contributed by atoms with Crippen molar-refractivity contribution in [2.45, 2.75) is 19.9 Å². The van der Waals surface area contributed by atoms with Gasteiger partial charge in [0.1, 0.15) is 5.69 Å². The molecule has 0 aliphatic carbocycles. The molecule has 2 heterocycles. The van der Waals surface area contributed by atoms with E-state index in [1.807, 2.05) is 42.9 Å². The van der Waals surface area contributed by atoms with Crippen molar-refractivity contribution in [3.05, 3.63) is 59.5 Å². The van der Waals surface area contributed by atoms with Gasteiger partial charge in [-0.2, -0.15) is 0 Å². The van der Waals surface area contributed by atoms with Gasteiger partial charge in [-0.25, -0.2) is 0 Å². The van der Waals surface area contributed by atoms with Crippen molar-refractivity contribution in [1.82, 2.24) is 14.8 Å². The van der Waals surface area contributed by atoms with Crippen LogP contribution in [0.3, 0.4) is 0 Å². The van der Waals surface area contributed by atoms with Crippen LogP contribution >= 0.6 is 0 Å². The number of nitrogens with one attached hydrogen (secondary N) is 1. The van der Waals surface area contributed by atoms with E-state index in [-0.39, 0.29) is 5.91 Å². The SMILES string of the molecule is Cc1ccccc1Cn1c(C(=O)NCCCN(C)C)cc2occc21. The Balaban J connectivity index is 1.82. The van der Waals surface area contributed by atoms with E-state index in [1.54, 1.807) is 6.26 Å². The van der Waals surface area contributed by atoms with E-state index in [0.29, 0.717) is 18.8 Å². The Hall–Kier alpha value is -2.53. The average molecular weight is 339 g/mol. The second-order valence-electron chi connectivity index (χ2n) is 6.63. The Morgan fingerprint density at radius 2 is 2.04 bits per heavy atom. The van der Waals surface area contributed by atoms with Crippen LogP contribution in [0.15, 0.2) is 47.1 Å². The fourth-order valence-corrected chi connectivity index (χ4v) is 2.98. The number of furan rings is 1. The van der Waals surface area contributed by atoms with E-state index >= 15 is 0 Å². The number of amides is 1. The van der Waals surface area contributed by atoms with Gasteiger partial charge in [0.25, 0.3) is 5.91 Å². The number of carbonyl (C=O) groups excluding carboxylic acids is 1. The quantitative estimate of drug-likeness (QED) is 0.672. The summed E-state index contributed by atoms with van der Waals surface area (Å²) in [4.78, 5) is 14.8. The lowest BCUT2D eigenvalue weighted by Crippen LogP contribution is -2.29. The molecule has 5 heteroatoms. The normalized spacial score (nSPS) is 11.4. The maximum atomic E-state index is 12.7. The zero-order valence-corrected chi connectivity index (χ0v) is 15.1. The zero-order chi connectivity index (χ0) is 17.8. The first-order chi connectivity index (χ1) is 12.1. The van der Waals surface area contributed by atoms with Gasteiger partial charge < -0.3 is 19.2 Å². The Labute approximate surface area is 148 Å². The number of fused-ring (bicyclic) bond motifs is 1. The van der Waals surface area contributed by atoms with E-state index in [0.717, 1.165) is 24.1 Å². The van der Waals surface area contributed by atoms with E-state index < -0.39 is 0 Å². The summed E-state index contributed by atoms with van der Waals surface area (Å²) in [6, 6.07) is 12.0. The second-order valence-corrected chi connectivity index (χ2v) is 6.63. The van der Waals surface area contributed by atoms with Crippen LogP contribution < -0.4 is 5.32 Å². The van der Waals surface area contributed by atoms with Gasteiger partial charge in [-0.3, -0.25) is 4.79 Å².